The number of pyridine rings is 1. The minimum atomic E-state index is 0.493. The first kappa shape index (κ1) is 14.9. The largest absolute Gasteiger partial charge is 0.311 e. The molecule has 3 rings (SSSR count). The van der Waals surface area contributed by atoms with Crippen molar-refractivity contribution < 1.29 is 0 Å². The first-order chi connectivity index (χ1) is 10.4. The van der Waals surface area contributed by atoms with E-state index in [0.29, 0.717) is 12.1 Å². The minimum absolute atomic E-state index is 0.493. The quantitative estimate of drug-likeness (QED) is 0.897. The highest BCUT2D eigenvalue weighted by molar-refractivity contribution is 5.15. The highest BCUT2D eigenvalue weighted by atomic mass is 15.3. The van der Waals surface area contributed by atoms with E-state index in [1.165, 1.54) is 37.9 Å². The minimum Gasteiger partial charge on any atom is -0.311 e. The highest BCUT2D eigenvalue weighted by Gasteiger charge is 2.28. The SMILES string of the molecule is CCC1CN(C(CN2CCCC2)c2cccnc2)CCN1. The van der Waals surface area contributed by atoms with E-state index >= 15 is 0 Å². The molecule has 1 N–H and O–H groups in total. The molecule has 2 saturated heterocycles. The van der Waals surface area contributed by atoms with Crippen LogP contribution in [0.4, 0.5) is 0 Å². The Balaban J connectivity index is 1.74. The maximum absolute atomic E-state index is 4.35. The third-order valence-corrected chi connectivity index (χ3v) is 4.92. The predicted octanol–water partition coefficient (Wildman–Crippen LogP) is 1.90. The van der Waals surface area contributed by atoms with Gasteiger partial charge in [-0.25, -0.2) is 0 Å². The molecule has 116 valence electrons. The molecule has 4 heteroatoms. The molecule has 2 aliphatic heterocycles. The van der Waals surface area contributed by atoms with Gasteiger partial charge in [0.25, 0.3) is 0 Å². The number of hydrogen-bond acceptors (Lipinski definition) is 4. The predicted molar refractivity (Wildman–Crippen MR) is 86.3 cm³/mol. The van der Waals surface area contributed by atoms with Gasteiger partial charge in [0.05, 0.1) is 0 Å². The summed E-state index contributed by atoms with van der Waals surface area (Å²) >= 11 is 0. The van der Waals surface area contributed by atoms with Gasteiger partial charge in [-0.2, -0.15) is 0 Å². The van der Waals surface area contributed by atoms with Crippen molar-refractivity contribution in [3.8, 4) is 0 Å². The Bertz CT molecular complexity index is 416. The van der Waals surface area contributed by atoms with E-state index in [2.05, 4.69) is 45.4 Å². The molecule has 0 saturated carbocycles. The summed E-state index contributed by atoms with van der Waals surface area (Å²) in [5.74, 6) is 0. The van der Waals surface area contributed by atoms with Crippen LogP contribution in [-0.4, -0.2) is 60.1 Å². The number of likely N-dealkylation sites (tertiary alicyclic amines) is 1. The average Bonchev–Trinajstić information content (AvgIpc) is 3.07. The molecule has 2 fully saturated rings. The van der Waals surface area contributed by atoms with Crippen LogP contribution in [0.3, 0.4) is 0 Å². The van der Waals surface area contributed by atoms with Crippen LogP contribution in [0.15, 0.2) is 24.5 Å². The second-order valence-electron chi connectivity index (χ2n) is 6.36. The van der Waals surface area contributed by atoms with Crippen LogP contribution in [0.2, 0.25) is 0 Å². The maximum atomic E-state index is 4.35. The first-order valence-electron chi connectivity index (χ1n) is 8.46. The zero-order valence-electron chi connectivity index (χ0n) is 13.2. The van der Waals surface area contributed by atoms with Crippen LogP contribution in [0.5, 0.6) is 0 Å². The molecular formula is C17H28N4. The lowest BCUT2D eigenvalue weighted by Gasteiger charge is -2.40. The Morgan fingerprint density at radius 1 is 1.33 bits per heavy atom. The monoisotopic (exact) mass is 288 g/mol. The Morgan fingerprint density at radius 3 is 2.90 bits per heavy atom. The lowest BCUT2D eigenvalue weighted by atomic mass is 10.0. The van der Waals surface area contributed by atoms with Crippen LogP contribution in [0.25, 0.3) is 0 Å². The van der Waals surface area contributed by atoms with Crippen molar-refractivity contribution in [2.24, 2.45) is 0 Å². The summed E-state index contributed by atoms with van der Waals surface area (Å²) in [6, 6.07) is 5.45. The Labute approximate surface area is 128 Å². The third-order valence-electron chi connectivity index (χ3n) is 4.92. The molecule has 0 aliphatic carbocycles. The molecule has 1 aromatic rings. The van der Waals surface area contributed by atoms with E-state index in [1.807, 2.05) is 6.20 Å². The van der Waals surface area contributed by atoms with Crippen molar-refractivity contribution in [2.45, 2.75) is 38.3 Å². The summed E-state index contributed by atoms with van der Waals surface area (Å²) in [6.45, 7) is 9.37. The van der Waals surface area contributed by atoms with Gasteiger partial charge in [0.2, 0.25) is 0 Å². The maximum Gasteiger partial charge on any atom is 0.0491 e. The van der Waals surface area contributed by atoms with Gasteiger partial charge in [-0.15, -0.1) is 0 Å². The summed E-state index contributed by atoms with van der Waals surface area (Å²) in [5.41, 5.74) is 1.38. The van der Waals surface area contributed by atoms with Crippen LogP contribution in [0, 0.1) is 0 Å². The van der Waals surface area contributed by atoms with Crippen LogP contribution >= 0.6 is 0 Å². The molecule has 4 nitrogen and oxygen atoms in total. The summed E-state index contributed by atoms with van der Waals surface area (Å²) in [5, 5.41) is 3.63. The van der Waals surface area contributed by atoms with Gasteiger partial charge in [0.15, 0.2) is 0 Å². The number of hydrogen-bond donors (Lipinski definition) is 1. The summed E-state index contributed by atoms with van der Waals surface area (Å²) in [6.07, 6.45) is 7.87. The van der Waals surface area contributed by atoms with Crippen LogP contribution < -0.4 is 5.32 Å². The Kier molecular flexibility index (Phi) is 5.22. The molecule has 21 heavy (non-hydrogen) atoms. The van der Waals surface area contributed by atoms with Gasteiger partial charge in [-0.3, -0.25) is 9.88 Å². The summed E-state index contributed by atoms with van der Waals surface area (Å²) < 4.78 is 0. The second-order valence-corrected chi connectivity index (χ2v) is 6.36. The van der Waals surface area contributed by atoms with Gasteiger partial charge in [-0.05, 0) is 44.0 Å². The Morgan fingerprint density at radius 2 is 2.19 bits per heavy atom. The molecule has 2 aliphatic rings. The Hall–Kier alpha value is -0.970. The molecule has 0 aromatic carbocycles. The smallest absolute Gasteiger partial charge is 0.0491 e. The number of aromatic nitrogens is 1. The first-order valence-corrected chi connectivity index (χ1v) is 8.46. The van der Waals surface area contributed by atoms with Crippen LogP contribution in [0.1, 0.15) is 37.8 Å². The van der Waals surface area contributed by atoms with Gasteiger partial charge >= 0.3 is 0 Å². The molecule has 2 unspecified atom stereocenters. The van der Waals surface area contributed by atoms with E-state index in [-0.39, 0.29) is 0 Å². The van der Waals surface area contributed by atoms with Gasteiger partial charge in [0, 0.05) is 50.7 Å². The van der Waals surface area contributed by atoms with E-state index in [1.54, 1.807) is 0 Å². The van der Waals surface area contributed by atoms with Crippen molar-refractivity contribution in [3.63, 3.8) is 0 Å². The molecule has 0 spiro atoms. The van der Waals surface area contributed by atoms with E-state index in [9.17, 15) is 0 Å². The highest BCUT2D eigenvalue weighted by Crippen LogP contribution is 2.24. The standard InChI is InChI=1S/C17H28N4/c1-2-16-13-21(11-8-19-16)17(14-20-9-3-4-10-20)15-6-5-7-18-12-15/h5-7,12,16-17,19H,2-4,8-11,13-14H2,1H3. The number of nitrogens with zero attached hydrogens (tertiary/aromatic N) is 3. The molecule has 0 radical (unpaired) electrons. The van der Waals surface area contributed by atoms with Crippen molar-refractivity contribution in [2.75, 3.05) is 39.3 Å². The van der Waals surface area contributed by atoms with Crippen molar-refractivity contribution in [3.05, 3.63) is 30.1 Å². The van der Waals surface area contributed by atoms with Gasteiger partial charge in [0.1, 0.15) is 0 Å². The van der Waals surface area contributed by atoms with E-state index < -0.39 is 0 Å². The third kappa shape index (κ3) is 3.82. The van der Waals surface area contributed by atoms with E-state index in [4.69, 9.17) is 0 Å². The second kappa shape index (κ2) is 7.34. The molecule has 0 amide bonds. The topological polar surface area (TPSA) is 31.4 Å². The zero-order valence-corrected chi connectivity index (χ0v) is 13.2. The lowest BCUT2D eigenvalue weighted by Crippen LogP contribution is -2.52. The average molecular weight is 288 g/mol. The number of nitrogens with one attached hydrogen (secondary N) is 1. The number of piperazine rings is 1. The van der Waals surface area contributed by atoms with Crippen molar-refractivity contribution in [1.82, 2.24) is 20.1 Å². The van der Waals surface area contributed by atoms with Crippen molar-refractivity contribution in [1.29, 1.82) is 0 Å². The lowest BCUT2D eigenvalue weighted by molar-refractivity contribution is 0.112. The fourth-order valence-corrected chi connectivity index (χ4v) is 3.62. The molecule has 3 heterocycles. The summed E-state index contributed by atoms with van der Waals surface area (Å²) in [4.78, 5) is 9.65. The number of rotatable bonds is 5. The fourth-order valence-electron chi connectivity index (χ4n) is 3.62. The van der Waals surface area contributed by atoms with Crippen LogP contribution in [-0.2, 0) is 0 Å². The fraction of sp³-hybridized carbons (Fsp3) is 0.706. The summed E-state index contributed by atoms with van der Waals surface area (Å²) in [7, 11) is 0. The molecule has 1 aromatic heterocycles. The normalized spacial score (nSPS) is 26.0. The zero-order chi connectivity index (χ0) is 14.5. The van der Waals surface area contributed by atoms with Gasteiger partial charge < -0.3 is 10.2 Å². The molecule has 0 bridgehead atoms. The van der Waals surface area contributed by atoms with E-state index in [0.717, 1.165) is 26.2 Å². The van der Waals surface area contributed by atoms with Gasteiger partial charge in [-0.1, -0.05) is 13.0 Å². The molecule has 2 atom stereocenters. The van der Waals surface area contributed by atoms with Crippen molar-refractivity contribution >= 4 is 0 Å². The molecular weight excluding hydrogens is 260 g/mol.